The second-order valence-corrected chi connectivity index (χ2v) is 5.15. The molecule has 0 aliphatic carbocycles. The molecular formula is C14H19N7. The molecule has 7 heteroatoms. The minimum atomic E-state index is 0.765. The zero-order valence-corrected chi connectivity index (χ0v) is 12.5. The highest BCUT2D eigenvalue weighted by atomic mass is 15.3. The maximum Gasteiger partial charge on any atom is 0.203 e. The standard InChI is InChI=1S/C14H19N7/c1-10-9-11(2)21(19-10)7-4-5-15-13-14-18-17-12(3)20(14)8-6-16-13/h6,8-9H,4-5,7H2,1-3H3,(H,15,16). The van der Waals surface area contributed by atoms with Gasteiger partial charge in [0.25, 0.3) is 0 Å². The fourth-order valence-electron chi connectivity index (χ4n) is 2.40. The summed E-state index contributed by atoms with van der Waals surface area (Å²) >= 11 is 0. The van der Waals surface area contributed by atoms with E-state index < -0.39 is 0 Å². The first kappa shape index (κ1) is 13.5. The molecule has 0 radical (unpaired) electrons. The van der Waals surface area contributed by atoms with Gasteiger partial charge in [0, 0.05) is 31.2 Å². The lowest BCUT2D eigenvalue weighted by Gasteiger charge is -2.07. The average molecular weight is 285 g/mol. The Balaban J connectivity index is 1.61. The van der Waals surface area contributed by atoms with Crippen LogP contribution in [0.5, 0.6) is 0 Å². The van der Waals surface area contributed by atoms with Gasteiger partial charge in [-0.1, -0.05) is 0 Å². The molecule has 7 nitrogen and oxygen atoms in total. The first-order valence-corrected chi connectivity index (χ1v) is 7.06. The van der Waals surface area contributed by atoms with Gasteiger partial charge in [0.2, 0.25) is 5.65 Å². The predicted octanol–water partition coefficient (Wildman–Crippen LogP) is 1.75. The highest BCUT2D eigenvalue weighted by molar-refractivity contribution is 5.61. The molecule has 0 unspecified atom stereocenters. The molecule has 3 rings (SSSR count). The van der Waals surface area contributed by atoms with Crippen molar-refractivity contribution in [2.45, 2.75) is 33.7 Å². The second-order valence-electron chi connectivity index (χ2n) is 5.15. The normalized spacial score (nSPS) is 11.2. The number of rotatable bonds is 5. The van der Waals surface area contributed by atoms with Crippen LogP contribution < -0.4 is 5.32 Å². The summed E-state index contributed by atoms with van der Waals surface area (Å²) in [6, 6.07) is 2.09. The molecule has 0 bridgehead atoms. The van der Waals surface area contributed by atoms with Gasteiger partial charge < -0.3 is 5.32 Å². The van der Waals surface area contributed by atoms with Crippen LogP contribution in [0.4, 0.5) is 5.82 Å². The Labute approximate surface area is 123 Å². The Morgan fingerprint density at radius 3 is 2.81 bits per heavy atom. The SMILES string of the molecule is Cc1cc(C)n(CCCNc2nccn3c(C)nnc23)n1. The van der Waals surface area contributed by atoms with Crippen molar-refractivity contribution in [1.29, 1.82) is 0 Å². The lowest BCUT2D eigenvalue weighted by molar-refractivity contribution is 0.573. The Kier molecular flexibility index (Phi) is 3.55. The van der Waals surface area contributed by atoms with Gasteiger partial charge in [0.05, 0.1) is 5.69 Å². The van der Waals surface area contributed by atoms with E-state index in [4.69, 9.17) is 0 Å². The molecule has 0 aliphatic rings. The van der Waals surface area contributed by atoms with Gasteiger partial charge in [-0.25, -0.2) is 4.98 Å². The fourth-order valence-corrected chi connectivity index (χ4v) is 2.40. The Morgan fingerprint density at radius 2 is 2.05 bits per heavy atom. The van der Waals surface area contributed by atoms with E-state index in [9.17, 15) is 0 Å². The Morgan fingerprint density at radius 1 is 1.19 bits per heavy atom. The molecule has 1 N–H and O–H groups in total. The molecule has 0 aliphatic heterocycles. The van der Waals surface area contributed by atoms with Crippen LogP contribution in [-0.2, 0) is 6.54 Å². The topological polar surface area (TPSA) is 72.9 Å². The van der Waals surface area contributed by atoms with Gasteiger partial charge in [0.15, 0.2) is 5.82 Å². The lowest BCUT2D eigenvalue weighted by Crippen LogP contribution is -2.10. The third-order valence-electron chi connectivity index (χ3n) is 3.44. The Hall–Kier alpha value is -2.44. The number of nitrogens with one attached hydrogen (secondary N) is 1. The van der Waals surface area contributed by atoms with Gasteiger partial charge in [0.1, 0.15) is 5.82 Å². The molecule has 0 aromatic carbocycles. The summed E-state index contributed by atoms with van der Waals surface area (Å²) in [6.45, 7) is 7.72. The van der Waals surface area contributed by atoms with Crippen molar-refractivity contribution >= 4 is 11.5 Å². The predicted molar refractivity (Wildman–Crippen MR) is 80.3 cm³/mol. The monoisotopic (exact) mass is 285 g/mol. The molecule has 3 heterocycles. The molecule has 21 heavy (non-hydrogen) atoms. The van der Waals surface area contributed by atoms with Crippen LogP contribution in [0.2, 0.25) is 0 Å². The molecule has 0 spiro atoms. The van der Waals surface area contributed by atoms with Gasteiger partial charge in [-0.15, -0.1) is 10.2 Å². The number of hydrogen-bond donors (Lipinski definition) is 1. The number of fused-ring (bicyclic) bond motifs is 1. The van der Waals surface area contributed by atoms with Crippen LogP contribution in [0.15, 0.2) is 18.5 Å². The van der Waals surface area contributed by atoms with Crippen molar-refractivity contribution < 1.29 is 0 Å². The third-order valence-corrected chi connectivity index (χ3v) is 3.44. The lowest BCUT2D eigenvalue weighted by atomic mass is 10.4. The van der Waals surface area contributed by atoms with Crippen molar-refractivity contribution in [3.63, 3.8) is 0 Å². The second kappa shape index (κ2) is 5.51. The van der Waals surface area contributed by atoms with E-state index in [-0.39, 0.29) is 0 Å². The minimum Gasteiger partial charge on any atom is -0.367 e. The summed E-state index contributed by atoms with van der Waals surface area (Å²) < 4.78 is 3.96. The van der Waals surface area contributed by atoms with E-state index in [0.717, 1.165) is 42.5 Å². The summed E-state index contributed by atoms with van der Waals surface area (Å²) in [6.07, 6.45) is 4.59. The van der Waals surface area contributed by atoms with Crippen LogP contribution in [0.25, 0.3) is 5.65 Å². The number of aromatic nitrogens is 6. The fraction of sp³-hybridized carbons (Fsp3) is 0.429. The maximum absolute atomic E-state index is 4.45. The quantitative estimate of drug-likeness (QED) is 0.723. The molecule has 0 fully saturated rings. The summed E-state index contributed by atoms with van der Waals surface area (Å²) in [4.78, 5) is 4.33. The van der Waals surface area contributed by atoms with Crippen LogP contribution in [-0.4, -0.2) is 35.9 Å². The molecule has 110 valence electrons. The average Bonchev–Trinajstić information content (AvgIpc) is 2.99. The Bertz CT molecular complexity index is 756. The summed E-state index contributed by atoms with van der Waals surface area (Å²) in [5.74, 6) is 1.63. The third kappa shape index (κ3) is 2.72. The zero-order valence-electron chi connectivity index (χ0n) is 12.5. The summed E-state index contributed by atoms with van der Waals surface area (Å²) in [5, 5.41) is 16.0. The summed E-state index contributed by atoms with van der Waals surface area (Å²) in [5.41, 5.74) is 3.02. The maximum atomic E-state index is 4.45. The molecule has 0 atom stereocenters. The minimum absolute atomic E-state index is 0.765. The van der Waals surface area contributed by atoms with E-state index in [1.807, 2.05) is 29.1 Å². The van der Waals surface area contributed by atoms with Crippen LogP contribution in [0, 0.1) is 20.8 Å². The zero-order chi connectivity index (χ0) is 14.8. The van der Waals surface area contributed by atoms with Crippen molar-refractivity contribution in [1.82, 2.24) is 29.4 Å². The molecule has 3 aromatic heterocycles. The van der Waals surface area contributed by atoms with Crippen LogP contribution in [0.1, 0.15) is 23.6 Å². The van der Waals surface area contributed by atoms with Crippen molar-refractivity contribution in [3.8, 4) is 0 Å². The van der Waals surface area contributed by atoms with Gasteiger partial charge in [-0.2, -0.15) is 5.10 Å². The van der Waals surface area contributed by atoms with E-state index in [2.05, 4.69) is 38.6 Å². The summed E-state index contributed by atoms with van der Waals surface area (Å²) in [7, 11) is 0. The number of hydrogen-bond acceptors (Lipinski definition) is 5. The molecule has 3 aromatic rings. The number of nitrogens with zero attached hydrogens (tertiary/aromatic N) is 6. The first-order valence-electron chi connectivity index (χ1n) is 7.06. The molecule has 0 saturated carbocycles. The smallest absolute Gasteiger partial charge is 0.203 e. The highest BCUT2D eigenvalue weighted by Crippen LogP contribution is 2.12. The molecule has 0 saturated heterocycles. The van der Waals surface area contributed by atoms with Gasteiger partial charge in [-0.05, 0) is 33.3 Å². The largest absolute Gasteiger partial charge is 0.367 e. The van der Waals surface area contributed by atoms with Crippen LogP contribution in [0.3, 0.4) is 0 Å². The van der Waals surface area contributed by atoms with E-state index in [0.29, 0.717) is 0 Å². The van der Waals surface area contributed by atoms with E-state index in [1.165, 1.54) is 5.69 Å². The van der Waals surface area contributed by atoms with Gasteiger partial charge in [-0.3, -0.25) is 9.08 Å². The van der Waals surface area contributed by atoms with E-state index in [1.54, 1.807) is 6.20 Å². The molecular weight excluding hydrogens is 266 g/mol. The van der Waals surface area contributed by atoms with Crippen molar-refractivity contribution in [2.75, 3.05) is 11.9 Å². The van der Waals surface area contributed by atoms with Crippen molar-refractivity contribution in [3.05, 3.63) is 35.7 Å². The highest BCUT2D eigenvalue weighted by Gasteiger charge is 2.07. The van der Waals surface area contributed by atoms with Crippen molar-refractivity contribution in [2.24, 2.45) is 0 Å². The van der Waals surface area contributed by atoms with Gasteiger partial charge >= 0.3 is 0 Å². The number of anilines is 1. The van der Waals surface area contributed by atoms with E-state index >= 15 is 0 Å². The first-order chi connectivity index (χ1) is 10.1. The van der Waals surface area contributed by atoms with Crippen LogP contribution >= 0.6 is 0 Å². The number of aryl methyl sites for hydroxylation is 4. The molecule has 0 amide bonds.